The summed E-state index contributed by atoms with van der Waals surface area (Å²) in [6.07, 6.45) is 16.3. The van der Waals surface area contributed by atoms with E-state index in [0.29, 0.717) is 0 Å². The summed E-state index contributed by atoms with van der Waals surface area (Å²) in [6, 6.07) is 0. The number of fused-ring (bicyclic) bond motifs is 1. The van der Waals surface area contributed by atoms with Crippen molar-refractivity contribution in [2.75, 3.05) is 0 Å². The highest BCUT2D eigenvalue weighted by Crippen LogP contribution is 2.49. The average Bonchev–Trinajstić information content (AvgIpc) is 2.82. The summed E-state index contributed by atoms with van der Waals surface area (Å²) < 4.78 is 0. The predicted molar refractivity (Wildman–Crippen MR) is 78.3 cm³/mol. The van der Waals surface area contributed by atoms with Gasteiger partial charge in [-0.05, 0) is 54.6 Å². The van der Waals surface area contributed by atoms with Crippen molar-refractivity contribution in [1.82, 2.24) is 0 Å². The molecule has 0 nitrogen and oxygen atoms in total. The van der Waals surface area contributed by atoms with Crippen molar-refractivity contribution >= 4 is 0 Å². The minimum atomic E-state index is 0.747. The van der Waals surface area contributed by atoms with Crippen LogP contribution >= 0.6 is 0 Å². The Balaban J connectivity index is 1.77. The summed E-state index contributed by atoms with van der Waals surface area (Å²) in [5.41, 5.74) is 3.97. The third-order valence-electron chi connectivity index (χ3n) is 5.19. The molecule has 3 aliphatic rings. The second kappa shape index (κ2) is 4.91. The van der Waals surface area contributed by atoms with Gasteiger partial charge in [0.25, 0.3) is 0 Å². The predicted octanol–water partition coefficient (Wildman–Crippen LogP) is 5.20. The molecular weight excluding hydrogens is 216 g/mol. The van der Waals surface area contributed by atoms with Crippen molar-refractivity contribution in [3.8, 4) is 0 Å². The first kappa shape index (κ1) is 12.0. The monoisotopic (exact) mass is 240 g/mol. The molecule has 0 aromatic heterocycles. The van der Waals surface area contributed by atoms with E-state index in [9.17, 15) is 0 Å². The molecule has 3 aliphatic carbocycles. The highest BCUT2D eigenvalue weighted by molar-refractivity contribution is 5.47. The lowest BCUT2D eigenvalue weighted by Crippen LogP contribution is -2.20. The molecule has 2 fully saturated rings. The van der Waals surface area contributed by atoms with Gasteiger partial charge >= 0.3 is 0 Å². The van der Waals surface area contributed by atoms with Crippen LogP contribution in [0, 0.1) is 17.8 Å². The molecule has 0 spiro atoms. The first-order valence-corrected chi connectivity index (χ1v) is 7.51. The van der Waals surface area contributed by atoms with E-state index < -0.39 is 0 Å². The number of hydrogen-bond acceptors (Lipinski definition) is 0. The third kappa shape index (κ3) is 2.13. The molecule has 0 heterocycles. The molecule has 0 aromatic rings. The van der Waals surface area contributed by atoms with Gasteiger partial charge < -0.3 is 0 Å². The molecule has 0 aromatic carbocycles. The topological polar surface area (TPSA) is 0 Å². The third-order valence-corrected chi connectivity index (χ3v) is 5.19. The van der Waals surface area contributed by atoms with E-state index in [4.69, 9.17) is 0 Å². The summed E-state index contributed by atoms with van der Waals surface area (Å²) in [5, 5.41) is 0. The quantitative estimate of drug-likeness (QED) is 0.622. The molecule has 3 atom stereocenters. The van der Waals surface area contributed by atoms with Crippen LogP contribution in [-0.2, 0) is 0 Å². The number of rotatable bonds is 2. The Morgan fingerprint density at radius 2 is 1.94 bits per heavy atom. The van der Waals surface area contributed by atoms with Crippen LogP contribution in [0.1, 0.15) is 44.9 Å². The fourth-order valence-electron chi connectivity index (χ4n) is 4.24. The van der Waals surface area contributed by atoms with Gasteiger partial charge in [0.05, 0.1) is 0 Å². The van der Waals surface area contributed by atoms with Crippen molar-refractivity contribution in [2.45, 2.75) is 44.9 Å². The molecule has 0 N–H and O–H groups in total. The van der Waals surface area contributed by atoms with E-state index in [2.05, 4.69) is 31.4 Å². The van der Waals surface area contributed by atoms with Crippen LogP contribution in [0.5, 0.6) is 0 Å². The zero-order chi connectivity index (χ0) is 12.5. The second-order valence-corrected chi connectivity index (χ2v) is 6.28. The van der Waals surface area contributed by atoms with E-state index in [0.717, 1.165) is 24.2 Å². The Kier molecular flexibility index (Phi) is 3.28. The van der Waals surface area contributed by atoms with Crippen LogP contribution in [-0.4, -0.2) is 0 Å². The summed E-state index contributed by atoms with van der Waals surface area (Å²) in [6.45, 7) is 8.51. The van der Waals surface area contributed by atoms with Crippen molar-refractivity contribution in [1.29, 1.82) is 0 Å². The van der Waals surface area contributed by atoms with E-state index >= 15 is 0 Å². The van der Waals surface area contributed by atoms with Gasteiger partial charge in [0, 0.05) is 0 Å². The van der Waals surface area contributed by atoms with E-state index in [1.807, 2.05) is 0 Å². The maximum atomic E-state index is 4.43. The van der Waals surface area contributed by atoms with Crippen LogP contribution in [0.3, 0.4) is 0 Å². The van der Waals surface area contributed by atoms with Crippen LogP contribution in [0.2, 0.25) is 0 Å². The van der Waals surface area contributed by atoms with Gasteiger partial charge in [-0.3, -0.25) is 0 Å². The molecular formula is C18H24. The first-order valence-electron chi connectivity index (χ1n) is 7.51. The largest absolute Gasteiger partial charge is 0.0955 e. The lowest BCUT2D eigenvalue weighted by atomic mass is 9.74. The van der Waals surface area contributed by atoms with Crippen LogP contribution in [0.15, 0.2) is 48.1 Å². The summed E-state index contributed by atoms with van der Waals surface area (Å²) in [4.78, 5) is 0. The van der Waals surface area contributed by atoms with Gasteiger partial charge in [0.15, 0.2) is 0 Å². The van der Waals surface area contributed by atoms with Crippen LogP contribution in [0.4, 0.5) is 0 Å². The maximum Gasteiger partial charge on any atom is -0.00998 e. The van der Waals surface area contributed by atoms with Crippen LogP contribution < -0.4 is 0 Å². The standard InChI is InChI=1S/C18H24/c1-13-6-5-8-16(12-13)14(2)17-11-10-15-7-3-4-9-18(15)17/h5,8,12,15,17-18H,1-4,6-7,9-11H2. The smallest absolute Gasteiger partial charge is 0.00998 e. The molecule has 18 heavy (non-hydrogen) atoms. The lowest BCUT2D eigenvalue weighted by Gasteiger charge is -2.31. The van der Waals surface area contributed by atoms with Gasteiger partial charge in [0.1, 0.15) is 0 Å². The van der Waals surface area contributed by atoms with Crippen molar-refractivity contribution < 1.29 is 0 Å². The van der Waals surface area contributed by atoms with Crippen molar-refractivity contribution in [3.63, 3.8) is 0 Å². The molecule has 96 valence electrons. The lowest BCUT2D eigenvalue weighted by molar-refractivity contribution is 0.246. The van der Waals surface area contributed by atoms with Crippen LogP contribution in [0.25, 0.3) is 0 Å². The average molecular weight is 240 g/mol. The molecule has 0 heteroatoms. The molecule has 3 rings (SSSR count). The summed E-state index contributed by atoms with van der Waals surface area (Å²) in [7, 11) is 0. The Labute approximate surface area is 111 Å². The molecule has 0 radical (unpaired) electrons. The Morgan fingerprint density at radius 3 is 2.78 bits per heavy atom. The molecule has 2 saturated carbocycles. The van der Waals surface area contributed by atoms with Gasteiger partial charge in [-0.2, -0.15) is 0 Å². The Morgan fingerprint density at radius 1 is 1.11 bits per heavy atom. The molecule has 0 amide bonds. The molecule has 0 saturated heterocycles. The highest BCUT2D eigenvalue weighted by Gasteiger charge is 2.38. The highest BCUT2D eigenvalue weighted by atomic mass is 14.4. The normalized spacial score (nSPS) is 35.2. The molecule has 0 aliphatic heterocycles. The molecule has 0 bridgehead atoms. The SMILES string of the molecule is C=C1C=C(C(=C)C2CCC3CCCCC32)C=CC1. The maximum absolute atomic E-state index is 4.43. The van der Waals surface area contributed by atoms with Crippen molar-refractivity contribution in [3.05, 3.63) is 48.1 Å². The zero-order valence-electron chi connectivity index (χ0n) is 11.3. The van der Waals surface area contributed by atoms with Gasteiger partial charge in [-0.25, -0.2) is 0 Å². The summed E-state index contributed by atoms with van der Waals surface area (Å²) in [5.74, 6) is 2.67. The summed E-state index contributed by atoms with van der Waals surface area (Å²) >= 11 is 0. The van der Waals surface area contributed by atoms with E-state index in [1.54, 1.807) is 0 Å². The minimum Gasteiger partial charge on any atom is -0.0955 e. The van der Waals surface area contributed by atoms with E-state index in [1.165, 1.54) is 55.2 Å². The second-order valence-electron chi connectivity index (χ2n) is 6.28. The fourth-order valence-corrected chi connectivity index (χ4v) is 4.24. The van der Waals surface area contributed by atoms with Gasteiger partial charge in [-0.15, -0.1) is 0 Å². The zero-order valence-corrected chi connectivity index (χ0v) is 11.3. The Bertz CT molecular complexity index is 421. The van der Waals surface area contributed by atoms with E-state index in [-0.39, 0.29) is 0 Å². The number of allylic oxidation sites excluding steroid dienone is 6. The fraction of sp³-hybridized carbons (Fsp3) is 0.556. The Hall–Kier alpha value is -1.04. The first-order chi connectivity index (χ1) is 8.75. The van der Waals surface area contributed by atoms with Gasteiger partial charge in [0.2, 0.25) is 0 Å². The minimum absolute atomic E-state index is 0.747. The number of hydrogen-bond donors (Lipinski definition) is 0. The molecule has 3 unspecified atom stereocenters. The van der Waals surface area contributed by atoms with Gasteiger partial charge in [-0.1, -0.05) is 56.2 Å². The van der Waals surface area contributed by atoms with Crippen molar-refractivity contribution in [2.24, 2.45) is 17.8 Å².